The summed E-state index contributed by atoms with van der Waals surface area (Å²) in [6.45, 7) is 1.90. The van der Waals surface area contributed by atoms with Crippen LogP contribution in [-0.4, -0.2) is 20.5 Å². The molecular weight excluding hydrogens is 359 g/mol. The Balaban J connectivity index is 0.00000196. The Hall–Kier alpha value is -1.51. The van der Waals surface area contributed by atoms with Gasteiger partial charge in [0.2, 0.25) is 5.88 Å². The van der Waals surface area contributed by atoms with E-state index in [4.69, 9.17) is 0 Å². The van der Waals surface area contributed by atoms with Crippen molar-refractivity contribution in [3.8, 4) is 17.0 Å². The van der Waals surface area contributed by atoms with E-state index in [-0.39, 0.29) is 68.7 Å². The van der Waals surface area contributed by atoms with Crippen molar-refractivity contribution in [3.05, 3.63) is 63.7 Å². The van der Waals surface area contributed by atoms with Gasteiger partial charge in [0, 0.05) is 24.0 Å². The summed E-state index contributed by atoms with van der Waals surface area (Å²) in [6, 6.07) is 6.49. The molecule has 0 amide bonds. The zero-order chi connectivity index (χ0) is 17.7. The molecule has 0 spiro atoms. The fourth-order valence-corrected chi connectivity index (χ4v) is 3.31. The number of hydrogen-bond acceptors (Lipinski definition) is 5. The molecular formula is C19H15KN2O4. The van der Waals surface area contributed by atoms with Crippen molar-refractivity contribution in [1.82, 2.24) is 9.38 Å². The smallest absolute Gasteiger partial charge is 0.545 e. The van der Waals surface area contributed by atoms with E-state index in [1.165, 1.54) is 16.5 Å². The molecule has 7 heteroatoms. The maximum absolute atomic E-state index is 12.5. The summed E-state index contributed by atoms with van der Waals surface area (Å²) in [5, 5.41) is 20.7. The van der Waals surface area contributed by atoms with Gasteiger partial charge in [-0.15, -0.1) is 0 Å². The molecule has 26 heavy (non-hydrogen) atoms. The molecule has 0 atom stereocenters. The van der Waals surface area contributed by atoms with Crippen molar-refractivity contribution < 1.29 is 66.4 Å². The Labute approximate surface area is 191 Å². The van der Waals surface area contributed by atoms with E-state index in [1.54, 1.807) is 24.5 Å². The molecule has 0 aliphatic heterocycles. The van der Waals surface area contributed by atoms with E-state index in [9.17, 15) is 19.8 Å². The summed E-state index contributed by atoms with van der Waals surface area (Å²) in [5.74, 6) is -1.25. The summed E-state index contributed by atoms with van der Waals surface area (Å²) in [6.07, 6.45) is 5.11. The molecule has 0 aromatic carbocycles. The SMILES string of the molecule is Cc1c(-c2ccc(O)nc2)ccn2c(=O)c(C(=O)[O-])cc(C3CC3)c12.[K+]. The maximum Gasteiger partial charge on any atom is 1.00 e. The van der Waals surface area contributed by atoms with E-state index >= 15 is 0 Å². The molecule has 3 aromatic heterocycles. The van der Waals surface area contributed by atoms with E-state index < -0.39 is 11.5 Å². The molecule has 6 nitrogen and oxygen atoms in total. The van der Waals surface area contributed by atoms with Gasteiger partial charge >= 0.3 is 51.4 Å². The van der Waals surface area contributed by atoms with Crippen molar-refractivity contribution in [2.24, 2.45) is 0 Å². The molecule has 0 radical (unpaired) electrons. The third-order valence-corrected chi connectivity index (χ3v) is 4.71. The predicted octanol–water partition coefficient (Wildman–Crippen LogP) is -1.38. The average molecular weight is 374 g/mol. The van der Waals surface area contributed by atoms with Crippen LogP contribution < -0.4 is 62.1 Å². The van der Waals surface area contributed by atoms with Gasteiger partial charge in [0.1, 0.15) is 0 Å². The third kappa shape index (κ3) is 3.25. The molecule has 1 N–H and O–H groups in total. The Morgan fingerprint density at radius 2 is 2.04 bits per heavy atom. The number of aromatic hydroxyl groups is 1. The predicted molar refractivity (Wildman–Crippen MR) is 89.6 cm³/mol. The van der Waals surface area contributed by atoms with Crippen molar-refractivity contribution in [2.75, 3.05) is 0 Å². The monoisotopic (exact) mass is 374 g/mol. The van der Waals surface area contributed by atoms with Crippen LogP contribution in [-0.2, 0) is 0 Å². The maximum atomic E-state index is 12.5. The summed E-state index contributed by atoms with van der Waals surface area (Å²) in [4.78, 5) is 27.7. The van der Waals surface area contributed by atoms with Crippen LogP contribution in [0.5, 0.6) is 5.88 Å². The summed E-state index contributed by atoms with van der Waals surface area (Å²) in [5.41, 5.74) is 3.29. The van der Waals surface area contributed by atoms with Crippen LogP contribution >= 0.6 is 0 Å². The minimum atomic E-state index is -1.45. The molecule has 4 rings (SSSR count). The molecule has 1 fully saturated rings. The number of aromatic nitrogens is 2. The van der Waals surface area contributed by atoms with Crippen LogP contribution in [0.3, 0.4) is 0 Å². The first kappa shape index (κ1) is 19.3. The van der Waals surface area contributed by atoms with Gasteiger partial charge in [0.15, 0.2) is 0 Å². The largest absolute Gasteiger partial charge is 1.00 e. The normalized spacial score (nSPS) is 13.4. The molecule has 3 heterocycles. The van der Waals surface area contributed by atoms with Crippen molar-refractivity contribution in [1.29, 1.82) is 0 Å². The number of aryl methyl sites for hydroxylation is 1. The van der Waals surface area contributed by atoms with Crippen molar-refractivity contribution in [3.63, 3.8) is 0 Å². The van der Waals surface area contributed by atoms with E-state index in [2.05, 4.69) is 4.98 Å². The number of carbonyl (C=O) groups excluding carboxylic acids is 1. The second kappa shape index (κ2) is 7.24. The number of carboxylic acids is 1. The minimum Gasteiger partial charge on any atom is -0.545 e. The number of rotatable bonds is 3. The Bertz CT molecular complexity index is 1070. The van der Waals surface area contributed by atoms with E-state index in [1.807, 2.05) is 6.92 Å². The zero-order valence-electron chi connectivity index (χ0n) is 14.5. The van der Waals surface area contributed by atoms with Gasteiger partial charge in [-0.2, -0.15) is 0 Å². The van der Waals surface area contributed by atoms with Gasteiger partial charge in [-0.25, -0.2) is 4.98 Å². The summed E-state index contributed by atoms with van der Waals surface area (Å²) >= 11 is 0. The summed E-state index contributed by atoms with van der Waals surface area (Å²) in [7, 11) is 0. The number of fused-ring (bicyclic) bond motifs is 1. The van der Waals surface area contributed by atoms with Crippen molar-refractivity contribution in [2.45, 2.75) is 25.7 Å². The number of aromatic carboxylic acids is 1. The topological polar surface area (TPSA) is 94.7 Å². The second-order valence-electron chi connectivity index (χ2n) is 6.36. The summed E-state index contributed by atoms with van der Waals surface area (Å²) < 4.78 is 1.39. The van der Waals surface area contributed by atoms with Gasteiger partial charge in [0.25, 0.3) is 5.56 Å². The molecule has 1 saturated carbocycles. The minimum absolute atomic E-state index is 0. The van der Waals surface area contributed by atoms with Gasteiger partial charge in [-0.05, 0) is 60.6 Å². The molecule has 0 saturated heterocycles. The average Bonchev–Trinajstić information content (AvgIpc) is 3.41. The van der Waals surface area contributed by atoms with Crippen LogP contribution in [0.15, 0.2) is 41.5 Å². The first-order valence-corrected chi connectivity index (χ1v) is 8.03. The zero-order valence-corrected chi connectivity index (χ0v) is 17.6. The molecule has 1 aliphatic rings. The fraction of sp³-hybridized carbons (Fsp3) is 0.211. The van der Waals surface area contributed by atoms with Gasteiger partial charge in [0.05, 0.1) is 17.0 Å². The quantitative estimate of drug-likeness (QED) is 0.570. The number of hydrogen-bond donors (Lipinski definition) is 1. The second-order valence-corrected chi connectivity index (χ2v) is 6.36. The molecule has 0 bridgehead atoms. The van der Waals surface area contributed by atoms with Crippen LogP contribution in [0.25, 0.3) is 16.6 Å². The fourth-order valence-electron chi connectivity index (χ4n) is 3.31. The number of pyridine rings is 3. The Kier molecular flexibility index (Phi) is 5.37. The number of carbonyl (C=O) groups is 1. The number of carboxylic acid groups (broad SMARTS) is 1. The van der Waals surface area contributed by atoms with Gasteiger partial charge in [-0.3, -0.25) is 9.20 Å². The molecule has 1 aliphatic carbocycles. The first-order chi connectivity index (χ1) is 12.0. The molecule has 126 valence electrons. The van der Waals surface area contributed by atoms with E-state index in [0.29, 0.717) is 0 Å². The third-order valence-electron chi connectivity index (χ3n) is 4.71. The Morgan fingerprint density at radius 3 is 2.62 bits per heavy atom. The Morgan fingerprint density at radius 1 is 1.31 bits per heavy atom. The standard InChI is InChI=1S/C19H16N2O4.K/c1-10-13(12-4-5-16(22)20-9-12)6-7-21-17(10)14(11-2-3-11)8-15(18(21)23)19(24)25;/h4-9,11H,2-3H2,1H3,(H,20,22)(H,24,25);/q;+1/p-1. The van der Waals surface area contributed by atoms with E-state index in [0.717, 1.165) is 40.6 Å². The van der Waals surface area contributed by atoms with Crippen molar-refractivity contribution >= 4 is 11.5 Å². The number of nitrogens with zero attached hydrogens (tertiary/aromatic N) is 2. The van der Waals surface area contributed by atoms with Crippen LogP contribution in [0.2, 0.25) is 0 Å². The van der Waals surface area contributed by atoms with Gasteiger partial charge < -0.3 is 15.0 Å². The first-order valence-electron chi connectivity index (χ1n) is 8.03. The molecule has 3 aromatic rings. The van der Waals surface area contributed by atoms with Crippen LogP contribution in [0, 0.1) is 6.92 Å². The molecule has 0 unspecified atom stereocenters. The van der Waals surface area contributed by atoms with Crippen LogP contribution in [0.4, 0.5) is 0 Å². The van der Waals surface area contributed by atoms with Gasteiger partial charge in [-0.1, -0.05) is 0 Å². The van der Waals surface area contributed by atoms with Crippen LogP contribution in [0.1, 0.15) is 40.2 Å².